The number of nitrogens with one attached hydrogen (secondary N) is 2. The number of aromatic amines is 1. The molecule has 0 saturated carbocycles. The molecule has 1 aromatic heterocycles. The van der Waals surface area contributed by atoms with E-state index >= 15 is 0 Å². The lowest BCUT2D eigenvalue weighted by Gasteiger charge is -2.19. The largest absolute Gasteiger partial charge is 0.390 e. The average Bonchev–Trinajstić information content (AvgIpc) is 3.09. The zero-order chi connectivity index (χ0) is 22.7. The molecule has 2 heterocycles. The summed E-state index contributed by atoms with van der Waals surface area (Å²) in [5, 5.41) is 14.1. The minimum atomic E-state index is -0.873. The lowest BCUT2D eigenvalue weighted by atomic mass is 10.00. The van der Waals surface area contributed by atoms with Crippen molar-refractivity contribution in [2.75, 3.05) is 6.54 Å². The summed E-state index contributed by atoms with van der Waals surface area (Å²) in [4.78, 5) is 38.7. The maximum Gasteiger partial charge on any atom is 0.330 e. The Kier molecular flexibility index (Phi) is 7.59. The number of aliphatic hydroxyl groups excluding tert-OH is 1. The fraction of sp³-hybridized carbons (Fsp3) is 0.476. The van der Waals surface area contributed by atoms with Gasteiger partial charge in [-0.1, -0.05) is 43.1 Å². The zero-order valence-corrected chi connectivity index (χ0v) is 18.7. The van der Waals surface area contributed by atoms with Gasteiger partial charge in [-0.05, 0) is 30.5 Å². The SMILES string of the molecule is CCc1cn([C@H]2C[C@H](O)[C@@H](CNC(=O)C(C)Cc3c(Cl)cccc3Cl)O2)c(=O)[nH]c1=O. The van der Waals surface area contributed by atoms with Crippen molar-refractivity contribution in [2.45, 2.75) is 51.5 Å². The number of aryl methyl sites for hydroxylation is 1. The van der Waals surface area contributed by atoms with E-state index in [0.29, 0.717) is 34.0 Å². The molecule has 1 aromatic carbocycles. The Hall–Kier alpha value is -2.13. The topological polar surface area (TPSA) is 113 Å². The predicted octanol–water partition coefficient (Wildman–Crippen LogP) is 2.05. The molecule has 10 heteroatoms. The number of halogens is 2. The van der Waals surface area contributed by atoms with Crippen LogP contribution in [0.5, 0.6) is 0 Å². The molecule has 1 saturated heterocycles. The van der Waals surface area contributed by atoms with Gasteiger partial charge < -0.3 is 15.2 Å². The number of aromatic nitrogens is 2. The van der Waals surface area contributed by atoms with Gasteiger partial charge in [0.1, 0.15) is 12.3 Å². The molecule has 2 aromatic rings. The summed E-state index contributed by atoms with van der Waals surface area (Å²) in [6.07, 6.45) is 0.156. The van der Waals surface area contributed by atoms with Crippen molar-refractivity contribution in [1.82, 2.24) is 14.9 Å². The average molecular weight is 470 g/mol. The van der Waals surface area contributed by atoms with Gasteiger partial charge in [0.25, 0.3) is 5.56 Å². The predicted molar refractivity (Wildman–Crippen MR) is 118 cm³/mol. The van der Waals surface area contributed by atoms with Gasteiger partial charge in [-0.2, -0.15) is 0 Å². The van der Waals surface area contributed by atoms with E-state index < -0.39 is 35.6 Å². The Morgan fingerprint density at radius 1 is 1.35 bits per heavy atom. The van der Waals surface area contributed by atoms with Crippen LogP contribution >= 0.6 is 23.2 Å². The number of hydrogen-bond donors (Lipinski definition) is 3. The van der Waals surface area contributed by atoms with Crippen LogP contribution < -0.4 is 16.6 Å². The maximum atomic E-state index is 12.5. The van der Waals surface area contributed by atoms with Crippen molar-refractivity contribution in [3.05, 3.63) is 66.4 Å². The Morgan fingerprint density at radius 3 is 2.68 bits per heavy atom. The molecular formula is C21H25Cl2N3O5. The standard InChI is InChI=1S/C21H25Cl2N3O5/c1-3-12-10-26(21(30)25-20(12)29)18-8-16(27)17(31-18)9-24-19(28)11(2)7-13-14(22)5-4-6-15(13)23/h4-6,10-11,16-18,27H,3,7-9H2,1-2H3,(H,24,28)(H,25,29,30)/t11?,16-,17+,18+/m0/s1. The highest BCUT2D eigenvalue weighted by Crippen LogP contribution is 2.28. The van der Waals surface area contributed by atoms with Crippen LogP contribution in [0.3, 0.4) is 0 Å². The van der Waals surface area contributed by atoms with Crippen LogP contribution in [0.1, 0.15) is 37.6 Å². The number of amides is 1. The zero-order valence-electron chi connectivity index (χ0n) is 17.2. The lowest BCUT2D eigenvalue weighted by molar-refractivity contribution is -0.125. The molecular weight excluding hydrogens is 445 g/mol. The molecule has 0 spiro atoms. The van der Waals surface area contributed by atoms with Crippen molar-refractivity contribution < 1.29 is 14.6 Å². The molecule has 1 fully saturated rings. The molecule has 1 unspecified atom stereocenters. The molecule has 1 amide bonds. The second kappa shape index (κ2) is 9.99. The number of ether oxygens (including phenoxy) is 1. The maximum absolute atomic E-state index is 12.5. The molecule has 1 aliphatic rings. The molecule has 3 N–H and O–H groups in total. The van der Waals surface area contributed by atoms with Crippen LogP contribution in [0.15, 0.2) is 34.0 Å². The van der Waals surface area contributed by atoms with Gasteiger partial charge in [-0.25, -0.2) is 4.79 Å². The molecule has 0 radical (unpaired) electrons. The molecule has 31 heavy (non-hydrogen) atoms. The van der Waals surface area contributed by atoms with Gasteiger partial charge >= 0.3 is 5.69 Å². The summed E-state index contributed by atoms with van der Waals surface area (Å²) in [5.74, 6) is -0.634. The van der Waals surface area contributed by atoms with Crippen molar-refractivity contribution in [1.29, 1.82) is 0 Å². The number of rotatable bonds is 7. The number of benzene rings is 1. The molecule has 0 aliphatic carbocycles. The second-order valence-corrected chi connectivity index (χ2v) is 8.47. The minimum absolute atomic E-state index is 0.0792. The smallest absolute Gasteiger partial charge is 0.330 e. The number of carbonyl (C=O) groups is 1. The van der Waals surface area contributed by atoms with Crippen LogP contribution in [0.25, 0.3) is 0 Å². The van der Waals surface area contributed by atoms with E-state index in [4.69, 9.17) is 27.9 Å². The van der Waals surface area contributed by atoms with Crippen LogP contribution in [-0.4, -0.2) is 39.3 Å². The van der Waals surface area contributed by atoms with E-state index in [1.54, 1.807) is 32.0 Å². The van der Waals surface area contributed by atoms with Crippen LogP contribution in [0.4, 0.5) is 0 Å². The van der Waals surface area contributed by atoms with E-state index in [1.165, 1.54) is 10.8 Å². The molecule has 3 rings (SSSR count). The Balaban J connectivity index is 1.60. The molecule has 0 bridgehead atoms. The minimum Gasteiger partial charge on any atom is -0.390 e. The first-order valence-electron chi connectivity index (χ1n) is 10.1. The van der Waals surface area contributed by atoms with E-state index in [1.807, 2.05) is 0 Å². The highest BCUT2D eigenvalue weighted by Gasteiger charge is 2.36. The van der Waals surface area contributed by atoms with Crippen molar-refractivity contribution in [2.24, 2.45) is 5.92 Å². The summed E-state index contributed by atoms with van der Waals surface area (Å²) in [5.41, 5.74) is 0.115. The Bertz CT molecular complexity index is 1050. The van der Waals surface area contributed by atoms with Gasteiger partial charge in [0, 0.05) is 40.7 Å². The van der Waals surface area contributed by atoms with Gasteiger partial charge in [-0.15, -0.1) is 0 Å². The molecule has 4 atom stereocenters. The third-order valence-electron chi connectivity index (χ3n) is 5.43. The number of carbonyl (C=O) groups excluding carboxylic acids is 1. The van der Waals surface area contributed by atoms with Crippen LogP contribution in [0.2, 0.25) is 10.0 Å². The summed E-state index contributed by atoms with van der Waals surface area (Å²) >= 11 is 12.4. The number of hydrogen-bond acceptors (Lipinski definition) is 5. The summed E-state index contributed by atoms with van der Waals surface area (Å²) in [6, 6.07) is 5.18. The second-order valence-electron chi connectivity index (χ2n) is 7.66. The van der Waals surface area contributed by atoms with Gasteiger partial charge in [-0.3, -0.25) is 19.1 Å². The first-order valence-corrected chi connectivity index (χ1v) is 10.8. The van der Waals surface area contributed by atoms with Gasteiger partial charge in [0.15, 0.2) is 0 Å². The van der Waals surface area contributed by atoms with E-state index in [2.05, 4.69) is 10.3 Å². The number of nitrogens with zero attached hydrogens (tertiary/aromatic N) is 1. The molecule has 8 nitrogen and oxygen atoms in total. The third kappa shape index (κ3) is 5.38. The van der Waals surface area contributed by atoms with Crippen LogP contribution in [0, 0.1) is 5.92 Å². The fourth-order valence-corrected chi connectivity index (χ4v) is 4.12. The van der Waals surface area contributed by atoms with E-state index in [9.17, 15) is 19.5 Å². The number of H-pyrrole nitrogens is 1. The Morgan fingerprint density at radius 2 is 2.03 bits per heavy atom. The van der Waals surface area contributed by atoms with Crippen molar-refractivity contribution in [3.8, 4) is 0 Å². The summed E-state index contributed by atoms with van der Waals surface area (Å²) < 4.78 is 7.07. The summed E-state index contributed by atoms with van der Waals surface area (Å²) in [7, 11) is 0. The van der Waals surface area contributed by atoms with Crippen molar-refractivity contribution >= 4 is 29.1 Å². The van der Waals surface area contributed by atoms with E-state index in [0.717, 1.165) is 0 Å². The summed E-state index contributed by atoms with van der Waals surface area (Å²) in [6.45, 7) is 3.64. The van der Waals surface area contributed by atoms with Crippen molar-refractivity contribution in [3.63, 3.8) is 0 Å². The quantitative estimate of drug-likeness (QED) is 0.574. The first kappa shape index (κ1) is 23.5. The number of aliphatic hydroxyl groups is 1. The lowest BCUT2D eigenvalue weighted by Crippen LogP contribution is -2.40. The third-order valence-corrected chi connectivity index (χ3v) is 6.14. The normalized spacial score (nSPS) is 21.8. The first-order chi connectivity index (χ1) is 14.7. The van der Waals surface area contributed by atoms with E-state index in [-0.39, 0.29) is 18.9 Å². The molecule has 168 valence electrons. The fourth-order valence-electron chi connectivity index (χ4n) is 3.56. The molecule has 1 aliphatic heterocycles. The van der Waals surface area contributed by atoms with Crippen LogP contribution in [-0.2, 0) is 22.4 Å². The van der Waals surface area contributed by atoms with Gasteiger partial charge in [0.05, 0.1) is 6.10 Å². The van der Waals surface area contributed by atoms with Gasteiger partial charge in [0.2, 0.25) is 5.91 Å². The highest BCUT2D eigenvalue weighted by atomic mass is 35.5. The Labute approximate surface area is 189 Å². The highest BCUT2D eigenvalue weighted by molar-refractivity contribution is 6.36. The monoisotopic (exact) mass is 469 g/mol.